The van der Waals surface area contributed by atoms with E-state index in [1.165, 1.54) is 0 Å². The van der Waals surface area contributed by atoms with Gasteiger partial charge in [-0.05, 0) is 12.6 Å². The van der Waals surface area contributed by atoms with Gasteiger partial charge in [-0.2, -0.15) is 0 Å². The zero-order valence-electron chi connectivity index (χ0n) is 9.62. The van der Waals surface area contributed by atoms with Crippen molar-refractivity contribution in [2.75, 3.05) is 13.6 Å². The number of benzene rings is 1. The zero-order valence-corrected chi connectivity index (χ0v) is 9.62. The highest BCUT2D eigenvalue weighted by Gasteiger charge is 2.45. The predicted molar refractivity (Wildman–Crippen MR) is 63.5 cm³/mol. The Labute approximate surface area is 99.6 Å². The van der Waals surface area contributed by atoms with Crippen LogP contribution in [0.15, 0.2) is 30.3 Å². The molecule has 0 spiro atoms. The number of imide groups is 1. The first-order chi connectivity index (χ1) is 8.16. The molecule has 0 aromatic heterocycles. The van der Waals surface area contributed by atoms with Crippen LogP contribution in [0.25, 0.3) is 0 Å². The summed E-state index contributed by atoms with van der Waals surface area (Å²) < 4.78 is 0. The number of rotatable bonds is 4. The van der Waals surface area contributed by atoms with Crippen molar-refractivity contribution >= 4 is 11.9 Å². The average molecular weight is 233 g/mol. The van der Waals surface area contributed by atoms with Gasteiger partial charge in [0.25, 0.3) is 5.91 Å². The molecule has 2 rings (SSSR count). The maximum Gasteiger partial charge on any atom is 0.322 e. The van der Waals surface area contributed by atoms with E-state index in [-0.39, 0.29) is 5.91 Å². The lowest BCUT2D eigenvalue weighted by Gasteiger charge is -2.25. The van der Waals surface area contributed by atoms with Crippen LogP contribution in [0.4, 0.5) is 4.79 Å². The molecule has 0 aliphatic carbocycles. The van der Waals surface area contributed by atoms with Gasteiger partial charge in [0.2, 0.25) is 0 Å². The number of amides is 3. The number of hydrogen-bond donors (Lipinski definition) is 3. The lowest BCUT2D eigenvalue weighted by atomic mass is 9.91. The van der Waals surface area contributed by atoms with E-state index in [9.17, 15) is 9.59 Å². The second-order valence-electron chi connectivity index (χ2n) is 4.18. The minimum atomic E-state index is -0.882. The van der Waals surface area contributed by atoms with E-state index in [0.29, 0.717) is 13.0 Å². The second kappa shape index (κ2) is 4.55. The van der Waals surface area contributed by atoms with Gasteiger partial charge in [0.15, 0.2) is 0 Å². The molecule has 3 N–H and O–H groups in total. The zero-order chi connectivity index (χ0) is 12.3. The normalized spacial score (nSPS) is 23.4. The third kappa shape index (κ3) is 2.29. The Kier molecular flexibility index (Phi) is 3.10. The lowest BCUT2D eigenvalue weighted by Crippen LogP contribution is -2.55. The Morgan fingerprint density at radius 2 is 1.94 bits per heavy atom. The van der Waals surface area contributed by atoms with Crippen molar-refractivity contribution in [3.63, 3.8) is 0 Å². The van der Waals surface area contributed by atoms with E-state index in [1.807, 2.05) is 30.3 Å². The molecule has 1 aliphatic heterocycles. The average Bonchev–Trinajstić information content (AvgIpc) is 2.55. The van der Waals surface area contributed by atoms with Crippen LogP contribution in [0.5, 0.6) is 0 Å². The summed E-state index contributed by atoms with van der Waals surface area (Å²) in [5.41, 5.74) is 0.132. The largest absolute Gasteiger partial charge is 0.322 e. The summed E-state index contributed by atoms with van der Waals surface area (Å²) in [6.45, 7) is 0.402. The smallest absolute Gasteiger partial charge is 0.322 e. The van der Waals surface area contributed by atoms with Gasteiger partial charge < -0.3 is 10.6 Å². The summed E-state index contributed by atoms with van der Waals surface area (Å²) in [7, 11) is 1.75. The number of carbonyl (C=O) groups is 2. The lowest BCUT2D eigenvalue weighted by molar-refractivity contribution is -0.123. The van der Waals surface area contributed by atoms with Crippen LogP contribution in [-0.2, 0) is 11.2 Å². The maximum atomic E-state index is 11.9. The Morgan fingerprint density at radius 1 is 1.24 bits per heavy atom. The molecule has 1 atom stereocenters. The van der Waals surface area contributed by atoms with Gasteiger partial charge in [-0.25, -0.2) is 4.79 Å². The molecule has 1 aliphatic rings. The highest BCUT2D eigenvalue weighted by molar-refractivity contribution is 6.07. The number of nitrogens with one attached hydrogen (secondary N) is 3. The summed E-state index contributed by atoms with van der Waals surface area (Å²) in [6, 6.07) is 9.20. The van der Waals surface area contributed by atoms with E-state index < -0.39 is 11.6 Å². The molecule has 1 aromatic carbocycles. The number of urea groups is 1. The quantitative estimate of drug-likeness (QED) is 0.642. The third-order valence-corrected chi connectivity index (χ3v) is 2.84. The summed E-state index contributed by atoms with van der Waals surface area (Å²) in [5.74, 6) is -0.277. The van der Waals surface area contributed by atoms with Gasteiger partial charge in [-0.3, -0.25) is 10.1 Å². The topological polar surface area (TPSA) is 70.2 Å². The molecule has 3 amide bonds. The second-order valence-corrected chi connectivity index (χ2v) is 4.18. The van der Waals surface area contributed by atoms with Crippen LogP contribution in [0.1, 0.15) is 5.56 Å². The fraction of sp³-hybridized carbons (Fsp3) is 0.333. The SMILES string of the molecule is CNCC1(Cc2ccccc2)NC(=O)NC1=O. The molecule has 90 valence electrons. The highest BCUT2D eigenvalue weighted by Crippen LogP contribution is 2.17. The monoisotopic (exact) mass is 233 g/mol. The van der Waals surface area contributed by atoms with Crippen molar-refractivity contribution in [1.29, 1.82) is 0 Å². The van der Waals surface area contributed by atoms with Gasteiger partial charge in [0.1, 0.15) is 5.54 Å². The van der Waals surface area contributed by atoms with Crippen molar-refractivity contribution in [3.8, 4) is 0 Å². The first-order valence-corrected chi connectivity index (χ1v) is 5.48. The van der Waals surface area contributed by atoms with E-state index >= 15 is 0 Å². The van der Waals surface area contributed by atoms with Crippen molar-refractivity contribution in [1.82, 2.24) is 16.0 Å². The summed E-state index contributed by atoms with van der Waals surface area (Å²) in [4.78, 5) is 23.1. The van der Waals surface area contributed by atoms with Crippen molar-refractivity contribution < 1.29 is 9.59 Å². The summed E-state index contributed by atoms with van der Waals surface area (Å²) in [6.07, 6.45) is 0.478. The molecule has 1 unspecified atom stereocenters. The molecule has 0 radical (unpaired) electrons. The van der Waals surface area contributed by atoms with Gasteiger partial charge in [-0.1, -0.05) is 30.3 Å². The standard InChI is InChI=1S/C12H15N3O2/c1-13-8-12(10(16)14-11(17)15-12)7-9-5-3-2-4-6-9/h2-6,13H,7-8H2,1H3,(H2,14,15,16,17). The van der Waals surface area contributed by atoms with Crippen molar-refractivity contribution in [2.45, 2.75) is 12.0 Å². The van der Waals surface area contributed by atoms with E-state index in [1.54, 1.807) is 7.05 Å². The summed E-state index contributed by atoms with van der Waals surface area (Å²) >= 11 is 0. The van der Waals surface area contributed by atoms with E-state index in [2.05, 4.69) is 16.0 Å². The van der Waals surface area contributed by atoms with Gasteiger partial charge in [-0.15, -0.1) is 0 Å². The Balaban J connectivity index is 2.24. The van der Waals surface area contributed by atoms with Crippen molar-refractivity contribution in [2.24, 2.45) is 0 Å². The first kappa shape index (κ1) is 11.6. The molecule has 0 bridgehead atoms. The van der Waals surface area contributed by atoms with Gasteiger partial charge in [0, 0.05) is 13.0 Å². The molecule has 0 saturated carbocycles. The van der Waals surface area contributed by atoms with E-state index in [4.69, 9.17) is 0 Å². The van der Waals surface area contributed by atoms with Crippen LogP contribution in [0.2, 0.25) is 0 Å². The van der Waals surface area contributed by atoms with E-state index in [0.717, 1.165) is 5.56 Å². The molecule has 5 heteroatoms. The number of hydrogen-bond acceptors (Lipinski definition) is 3. The van der Waals surface area contributed by atoms with Crippen molar-refractivity contribution in [3.05, 3.63) is 35.9 Å². The Morgan fingerprint density at radius 3 is 2.47 bits per heavy atom. The molecule has 1 fully saturated rings. The molecule has 1 heterocycles. The number of carbonyl (C=O) groups excluding carboxylic acids is 2. The minimum absolute atomic E-state index is 0.277. The molecule has 5 nitrogen and oxygen atoms in total. The molecular formula is C12H15N3O2. The number of likely N-dealkylation sites (N-methyl/N-ethyl adjacent to an activating group) is 1. The Bertz CT molecular complexity index is 433. The minimum Gasteiger partial charge on any atom is -0.322 e. The fourth-order valence-corrected chi connectivity index (χ4v) is 2.09. The van der Waals surface area contributed by atoms with Crippen LogP contribution in [0, 0.1) is 0 Å². The van der Waals surface area contributed by atoms with Gasteiger partial charge >= 0.3 is 6.03 Å². The third-order valence-electron chi connectivity index (χ3n) is 2.84. The summed E-state index contributed by atoms with van der Waals surface area (Å²) in [5, 5.41) is 7.93. The maximum absolute atomic E-state index is 11.9. The molecule has 1 aromatic rings. The Hall–Kier alpha value is -1.88. The fourth-order valence-electron chi connectivity index (χ4n) is 2.09. The molecular weight excluding hydrogens is 218 g/mol. The predicted octanol–water partition coefficient (Wildman–Crippen LogP) is 0.0267. The molecule has 17 heavy (non-hydrogen) atoms. The van der Waals surface area contributed by atoms with Crippen LogP contribution >= 0.6 is 0 Å². The first-order valence-electron chi connectivity index (χ1n) is 5.48. The van der Waals surface area contributed by atoms with Crippen LogP contribution < -0.4 is 16.0 Å². The highest BCUT2D eigenvalue weighted by atomic mass is 16.2. The van der Waals surface area contributed by atoms with Crippen LogP contribution in [-0.4, -0.2) is 31.1 Å². The molecule has 1 saturated heterocycles. The van der Waals surface area contributed by atoms with Crippen LogP contribution in [0.3, 0.4) is 0 Å². The van der Waals surface area contributed by atoms with Gasteiger partial charge in [0.05, 0.1) is 0 Å².